The Bertz CT molecular complexity index is 1060. The van der Waals surface area contributed by atoms with E-state index in [4.69, 9.17) is 10.8 Å². The van der Waals surface area contributed by atoms with Gasteiger partial charge >= 0.3 is 0 Å². The fraction of sp³-hybridized carbons (Fsp3) is 0.320. The first-order valence-electron chi connectivity index (χ1n) is 10.9. The maximum Gasteiger partial charge on any atom is 0.255 e. The van der Waals surface area contributed by atoms with Gasteiger partial charge in [0.25, 0.3) is 5.91 Å². The molecule has 3 rings (SSSR count). The van der Waals surface area contributed by atoms with E-state index in [1.165, 1.54) is 0 Å². The van der Waals surface area contributed by atoms with E-state index in [9.17, 15) is 9.59 Å². The maximum absolute atomic E-state index is 13.1. The van der Waals surface area contributed by atoms with Gasteiger partial charge in [-0.1, -0.05) is 25.1 Å². The molecule has 2 aromatic carbocycles. The van der Waals surface area contributed by atoms with E-state index in [2.05, 4.69) is 10.3 Å². The van der Waals surface area contributed by atoms with Crippen LogP contribution in [-0.2, 0) is 4.79 Å². The van der Waals surface area contributed by atoms with Gasteiger partial charge in [-0.15, -0.1) is 0 Å². The van der Waals surface area contributed by atoms with E-state index >= 15 is 0 Å². The minimum atomic E-state index is -0.241. The molecule has 168 valence electrons. The molecule has 1 aliphatic rings. The average Bonchev–Trinajstić information content (AvgIpc) is 2.93. The maximum atomic E-state index is 13.1. The summed E-state index contributed by atoms with van der Waals surface area (Å²) in [5.74, 6) is -0.0272. The third kappa shape index (κ3) is 5.82. The minimum Gasteiger partial charge on any atom is -0.396 e. The van der Waals surface area contributed by atoms with E-state index in [0.717, 1.165) is 23.2 Å². The number of aliphatic imine (C=N–C) groups is 1. The first-order valence-corrected chi connectivity index (χ1v) is 10.9. The monoisotopic (exact) mass is 434 g/mol. The molecule has 32 heavy (non-hydrogen) atoms. The van der Waals surface area contributed by atoms with E-state index in [1.807, 2.05) is 38.1 Å². The van der Waals surface area contributed by atoms with E-state index in [-0.39, 0.29) is 24.8 Å². The largest absolute Gasteiger partial charge is 0.396 e. The molecule has 0 saturated carbocycles. The van der Waals surface area contributed by atoms with Crippen LogP contribution >= 0.6 is 0 Å². The quantitative estimate of drug-likeness (QED) is 0.589. The third-order valence-corrected chi connectivity index (χ3v) is 5.18. The van der Waals surface area contributed by atoms with Crippen LogP contribution in [0.25, 0.3) is 6.08 Å². The van der Waals surface area contributed by atoms with Crippen LogP contribution in [-0.4, -0.2) is 47.4 Å². The molecule has 2 amide bonds. The van der Waals surface area contributed by atoms with Crippen molar-refractivity contribution < 1.29 is 14.7 Å². The third-order valence-electron chi connectivity index (χ3n) is 5.18. The molecule has 0 spiro atoms. The number of aryl methyl sites for hydroxylation is 1. The summed E-state index contributed by atoms with van der Waals surface area (Å²) in [5.41, 5.74) is 10.2. The van der Waals surface area contributed by atoms with Crippen molar-refractivity contribution in [1.29, 1.82) is 0 Å². The van der Waals surface area contributed by atoms with E-state index in [1.54, 1.807) is 29.2 Å². The van der Waals surface area contributed by atoms with Gasteiger partial charge in [-0.3, -0.25) is 9.59 Å². The number of nitrogens with one attached hydrogen (secondary N) is 1. The van der Waals surface area contributed by atoms with Crippen LogP contribution < -0.4 is 11.1 Å². The molecule has 0 radical (unpaired) electrons. The highest BCUT2D eigenvalue weighted by Crippen LogP contribution is 2.29. The van der Waals surface area contributed by atoms with Gasteiger partial charge < -0.3 is 21.1 Å². The topological polar surface area (TPSA) is 108 Å². The Morgan fingerprint density at radius 1 is 1.19 bits per heavy atom. The SMILES string of the molecule is CCCN(CCCO)C(=O)C1=Cc2ccc(C(=O)Nc3cccc(C)c3)cc2N=C(N)C1. The highest BCUT2D eigenvalue weighted by molar-refractivity contribution is 6.07. The number of hydrogen-bond donors (Lipinski definition) is 3. The van der Waals surface area contributed by atoms with Crippen molar-refractivity contribution in [3.05, 3.63) is 64.7 Å². The zero-order chi connectivity index (χ0) is 23.1. The number of carbonyl (C=O) groups excluding carboxylic acids is 2. The number of anilines is 1. The minimum absolute atomic E-state index is 0.0341. The number of amidine groups is 1. The number of carbonyl (C=O) groups is 2. The van der Waals surface area contributed by atoms with Crippen LogP contribution in [0.4, 0.5) is 11.4 Å². The number of aliphatic hydroxyl groups excluding tert-OH is 1. The first kappa shape index (κ1) is 23.2. The zero-order valence-corrected chi connectivity index (χ0v) is 18.6. The van der Waals surface area contributed by atoms with Crippen molar-refractivity contribution in [3.63, 3.8) is 0 Å². The summed E-state index contributed by atoms with van der Waals surface area (Å²) in [5, 5.41) is 12.0. The van der Waals surface area contributed by atoms with E-state index in [0.29, 0.717) is 42.2 Å². The van der Waals surface area contributed by atoms with Gasteiger partial charge in [-0.2, -0.15) is 0 Å². The smallest absolute Gasteiger partial charge is 0.255 e. The van der Waals surface area contributed by atoms with Crippen molar-refractivity contribution in [1.82, 2.24) is 4.90 Å². The number of fused-ring (bicyclic) bond motifs is 1. The number of aliphatic hydroxyl groups is 1. The second-order valence-electron chi connectivity index (χ2n) is 7.92. The Hall–Kier alpha value is -3.45. The van der Waals surface area contributed by atoms with Crippen LogP contribution in [0, 0.1) is 6.92 Å². The lowest BCUT2D eigenvalue weighted by atomic mass is 10.0. The molecular weight excluding hydrogens is 404 g/mol. The molecule has 4 N–H and O–H groups in total. The van der Waals surface area contributed by atoms with Crippen molar-refractivity contribution in [2.45, 2.75) is 33.1 Å². The Morgan fingerprint density at radius 3 is 2.72 bits per heavy atom. The van der Waals surface area contributed by atoms with Crippen LogP contribution in [0.15, 0.2) is 53.0 Å². The standard InChI is InChI=1S/C25H30N4O3/c1-3-10-29(11-5-12-30)25(32)20-14-18-8-9-19(15-22(18)28-23(26)16-20)24(31)27-21-7-4-6-17(2)13-21/h4,6-9,13-15,30H,3,5,10-12,16H2,1-2H3,(H2,26,28)(H,27,31). The lowest BCUT2D eigenvalue weighted by molar-refractivity contribution is -0.127. The number of rotatable bonds is 8. The fourth-order valence-electron chi connectivity index (χ4n) is 3.64. The summed E-state index contributed by atoms with van der Waals surface area (Å²) < 4.78 is 0. The van der Waals surface area contributed by atoms with Gasteiger partial charge in [-0.05, 0) is 55.7 Å². The average molecular weight is 435 g/mol. The number of hydrogen-bond acceptors (Lipinski definition) is 5. The molecule has 7 nitrogen and oxygen atoms in total. The summed E-state index contributed by atoms with van der Waals surface area (Å²) in [6, 6.07) is 12.8. The first-order chi connectivity index (χ1) is 15.4. The predicted molar refractivity (Wildman–Crippen MR) is 128 cm³/mol. The predicted octanol–water partition coefficient (Wildman–Crippen LogP) is 3.64. The van der Waals surface area contributed by atoms with Gasteiger partial charge in [0.05, 0.1) is 5.69 Å². The molecule has 0 saturated heterocycles. The zero-order valence-electron chi connectivity index (χ0n) is 18.6. The Labute approximate surface area is 188 Å². The van der Waals surface area contributed by atoms with Crippen molar-refractivity contribution in [2.24, 2.45) is 10.7 Å². The highest BCUT2D eigenvalue weighted by Gasteiger charge is 2.21. The summed E-state index contributed by atoms with van der Waals surface area (Å²) in [7, 11) is 0. The second-order valence-corrected chi connectivity index (χ2v) is 7.92. The van der Waals surface area contributed by atoms with Crippen molar-refractivity contribution in [3.8, 4) is 0 Å². The lowest BCUT2D eigenvalue weighted by Gasteiger charge is -2.23. The van der Waals surface area contributed by atoms with Gasteiger partial charge in [0.1, 0.15) is 5.84 Å². The van der Waals surface area contributed by atoms with Crippen LogP contribution in [0.3, 0.4) is 0 Å². The Morgan fingerprint density at radius 2 is 2.00 bits per heavy atom. The Balaban J connectivity index is 1.86. The molecule has 0 fully saturated rings. The number of nitrogens with two attached hydrogens (primary N) is 1. The normalized spacial score (nSPS) is 12.8. The van der Waals surface area contributed by atoms with Gasteiger partial charge in [0, 0.05) is 48.5 Å². The van der Waals surface area contributed by atoms with E-state index < -0.39 is 0 Å². The summed E-state index contributed by atoms with van der Waals surface area (Å²) in [4.78, 5) is 32.0. The van der Waals surface area contributed by atoms with Crippen LogP contribution in [0.2, 0.25) is 0 Å². The van der Waals surface area contributed by atoms with Crippen molar-refractivity contribution in [2.75, 3.05) is 25.0 Å². The molecule has 2 aromatic rings. The number of amides is 2. The molecule has 7 heteroatoms. The second kappa shape index (κ2) is 10.7. The highest BCUT2D eigenvalue weighted by atomic mass is 16.3. The molecule has 1 heterocycles. The molecule has 0 unspecified atom stereocenters. The molecular formula is C25H30N4O3. The van der Waals surface area contributed by atoms with Gasteiger partial charge in [0.15, 0.2) is 0 Å². The summed E-state index contributed by atoms with van der Waals surface area (Å²) in [6.07, 6.45) is 3.38. The van der Waals surface area contributed by atoms with Crippen LogP contribution in [0.1, 0.15) is 47.7 Å². The molecule has 1 aliphatic heterocycles. The number of benzene rings is 2. The fourth-order valence-corrected chi connectivity index (χ4v) is 3.64. The molecule has 0 bridgehead atoms. The number of nitrogens with zero attached hydrogens (tertiary/aromatic N) is 2. The molecule has 0 aromatic heterocycles. The summed E-state index contributed by atoms with van der Waals surface area (Å²) >= 11 is 0. The van der Waals surface area contributed by atoms with Crippen molar-refractivity contribution >= 4 is 35.1 Å². The van der Waals surface area contributed by atoms with Crippen LogP contribution in [0.5, 0.6) is 0 Å². The molecule has 0 aliphatic carbocycles. The lowest BCUT2D eigenvalue weighted by Crippen LogP contribution is -2.35. The van der Waals surface area contributed by atoms with Gasteiger partial charge in [-0.25, -0.2) is 4.99 Å². The summed E-state index contributed by atoms with van der Waals surface area (Å²) in [6.45, 7) is 5.11. The van der Waals surface area contributed by atoms with Gasteiger partial charge in [0.2, 0.25) is 5.91 Å². The Kier molecular flexibility index (Phi) is 7.78. The molecule has 0 atom stereocenters.